The number of hydrogen-bond donors (Lipinski definition) is 3. The Bertz CT molecular complexity index is 1580. The molecule has 3 heterocycles. The van der Waals surface area contributed by atoms with Crippen LogP contribution in [-0.4, -0.2) is 115 Å². The number of aliphatic hydroxyl groups is 1. The van der Waals surface area contributed by atoms with Crippen molar-refractivity contribution >= 4 is 22.2 Å². The fraction of sp³-hybridized carbons (Fsp3) is 0.611. The maximum Gasteiger partial charge on any atom is 0.407 e. The number of hydrogen-bond acceptors (Lipinski definition) is 12. The van der Waals surface area contributed by atoms with E-state index in [0.29, 0.717) is 56.9 Å². The number of rotatable bonds is 19. The maximum absolute atomic E-state index is 14.4. The minimum absolute atomic E-state index is 0.0155. The van der Waals surface area contributed by atoms with Gasteiger partial charge in [0, 0.05) is 32.8 Å². The Morgan fingerprint density at radius 2 is 1.83 bits per heavy atom. The fourth-order valence-electron chi connectivity index (χ4n) is 6.54. The second-order valence-corrected chi connectivity index (χ2v) is 15.9. The highest BCUT2D eigenvalue weighted by molar-refractivity contribution is 7.89. The van der Waals surface area contributed by atoms with Gasteiger partial charge < -0.3 is 48.9 Å². The molecule has 2 amide bonds. The van der Waals surface area contributed by atoms with Crippen LogP contribution < -0.4 is 20.1 Å². The monoisotopic (exact) mass is 749 g/mol. The number of nitrogens with one attached hydrogen (secondary N) is 2. The highest BCUT2D eigenvalue weighted by Gasteiger charge is 2.44. The molecule has 2 aromatic rings. The lowest BCUT2D eigenvalue weighted by atomic mass is 9.87. The molecule has 0 unspecified atom stereocenters. The van der Waals surface area contributed by atoms with Gasteiger partial charge in [0.25, 0.3) is 0 Å². The van der Waals surface area contributed by atoms with E-state index >= 15 is 0 Å². The van der Waals surface area contributed by atoms with E-state index < -0.39 is 52.2 Å². The number of carbonyl (C=O) groups excluding carboxylic acids is 2. The van der Waals surface area contributed by atoms with Crippen molar-refractivity contribution in [2.45, 2.75) is 75.4 Å². The number of unbranched alkanes of at least 4 members (excludes halogenated alkanes) is 1. The average Bonchev–Trinajstić information content (AvgIpc) is 3.87. The van der Waals surface area contributed by atoms with Gasteiger partial charge in [-0.15, -0.1) is 0 Å². The van der Waals surface area contributed by atoms with Crippen molar-refractivity contribution in [3.8, 4) is 11.5 Å². The van der Waals surface area contributed by atoms with Gasteiger partial charge in [-0.1, -0.05) is 50.6 Å². The molecule has 2 saturated heterocycles. The summed E-state index contributed by atoms with van der Waals surface area (Å²) < 4.78 is 67.7. The molecule has 5 rings (SSSR count). The summed E-state index contributed by atoms with van der Waals surface area (Å²) in [6, 6.07) is 12.8. The van der Waals surface area contributed by atoms with Crippen molar-refractivity contribution in [1.29, 1.82) is 0 Å². The summed E-state index contributed by atoms with van der Waals surface area (Å²) in [7, 11) is -2.67. The van der Waals surface area contributed by atoms with Gasteiger partial charge in [-0.2, -0.15) is 4.31 Å². The molecule has 0 bridgehead atoms. The van der Waals surface area contributed by atoms with Crippen LogP contribution in [0.3, 0.4) is 0 Å². The first kappa shape index (κ1) is 39.5. The van der Waals surface area contributed by atoms with Gasteiger partial charge in [0.05, 0.1) is 42.8 Å². The van der Waals surface area contributed by atoms with Crippen molar-refractivity contribution in [1.82, 2.24) is 14.9 Å². The van der Waals surface area contributed by atoms with Crippen LogP contribution in [0.5, 0.6) is 11.5 Å². The van der Waals surface area contributed by atoms with Gasteiger partial charge in [-0.3, -0.25) is 0 Å². The number of nitrogens with zero attached hydrogens (tertiary/aromatic N) is 1. The van der Waals surface area contributed by atoms with E-state index in [1.165, 1.54) is 23.5 Å². The van der Waals surface area contributed by atoms with Crippen molar-refractivity contribution in [2.24, 2.45) is 11.3 Å². The number of aliphatic hydroxyl groups excluding tert-OH is 1. The number of alkyl carbamates (subject to hydrolysis) is 2. The summed E-state index contributed by atoms with van der Waals surface area (Å²) in [6.45, 7) is 5.21. The van der Waals surface area contributed by atoms with Gasteiger partial charge in [0.2, 0.25) is 16.8 Å². The molecular weight excluding hydrogens is 698 g/mol. The Morgan fingerprint density at radius 1 is 1.04 bits per heavy atom. The first-order valence-corrected chi connectivity index (χ1v) is 19.1. The molecular formula is C36H51N3O12S. The third-order valence-corrected chi connectivity index (χ3v) is 11.2. The number of methoxy groups -OCH3 is 1. The molecule has 0 spiro atoms. The zero-order valence-corrected chi connectivity index (χ0v) is 30.8. The Labute approximate surface area is 305 Å². The van der Waals surface area contributed by atoms with Gasteiger partial charge in [0.1, 0.15) is 12.7 Å². The van der Waals surface area contributed by atoms with E-state index in [9.17, 15) is 23.1 Å². The fourth-order valence-corrected chi connectivity index (χ4v) is 8.20. The minimum Gasteiger partial charge on any atom is -0.454 e. The molecule has 52 heavy (non-hydrogen) atoms. The summed E-state index contributed by atoms with van der Waals surface area (Å²) in [5.74, 6) is 0.681. The molecule has 2 aromatic carbocycles. The van der Waals surface area contributed by atoms with E-state index in [2.05, 4.69) is 10.6 Å². The van der Waals surface area contributed by atoms with E-state index in [4.69, 9.17) is 33.2 Å². The highest BCUT2D eigenvalue weighted by Crippen LogP contribution is 2.36. The number of amides is 2. The van der Waals surface area contributed by atoms with Gasteiger partial charge >= 0.3 is 12.2 Å². The Kier molecular flexibility index (Phi) is 14.0. The number of sulfonamides is 1. The van der Waals surface area contributed by atoms with Crippen molar-refractivity contribution < 1.29 is 56.3 Å². The predicted octanol–water partition coefficient (Wildman–Crippen LogP) is 3.43. The molecule has 3 aliphatic rings. The largest absolute Gasteiger partial charge is 0.454 e. The van der Waals surface area contributed by atoms with Crippen LogP contribution in [0.25, 0.3) is 0 Å². The third kappa shape index (κ3) is 10.9. The zero-order valence-electron chi connectivity index (χ0n) is 30.0. The van der Waals surface area contributed by atoms with Crippen molar-refractivity contribution in [3.05, 3.63) is 54.1 Å². The number of carbonyl (C=O) groups is 2. The molecule has 5 atom stereocenters. The molecule has 0 aromatic heterocycles. The van der Waals surface area contributed by atoms with Crippen LogP contribution >= 0.6 is 0 Å². The van der Waals surface area contributed by atoms with E-state index in [-0.39, 0.29) is 50.3 Å². The van der Waals surface area contributed by atoms with Gasteiger partial charge in [-0.25, -0.2) is 18.0 Å². The molecule has 3 N–H and O–H groups in total. The second-order valence-electron chi connectivity index (χ2n) is 14.0. The molecule has 3 aliphatic heterocycles. The highest BCUT2D eigenvalue weighted by atomic mass is 32.2. The zero-order chi connectivity index (χ0) is 37.1. The SMILES string of the molecule is COCCOC(=O)NCCCCC(C)(C)CN(C[C@@H](O)[C@H](Cc1ccccc1)NC(=O)O[C@H]1CO[C@H]2OCC[C@H]21)S(=O)(=O)c1ccc2c(c1)OCO2. The standard InChI is InChI=1S/C36H51N3O12S/c1-36(2,14-7-8-15-37-34(41)47-18-17-45-3)23-39(52(43,44)26-11-12-30-31(20-26)50-24-49-30)21-29(40)28(19-25-9-5-4-6-10-25)38-35(42)51-32-22-48-33-27(32)13-16-46-33/h4-6,9-12,20,27-29,32-33,40H,7-8,13-19,21-24H2,1-3H3,(H,37,41)(H,38,42)/t27-,28-,29+,32-,33+/m0/s1. The summed E-state index contributed by atoms with van der Waals surface area (Å²) in [5.41, 5.74) is 0.285. The lowest BCUT2D eigenvalue weighted by Gasteiger charge is -2.35. The molecule has 0 saturated carbocycles. The normalized spacial score (nSPS) is 20.7. The van der Waals surface area contributed by atoms with E-state index in [1.807, 2.05) is 44.2 Å². The third-order valence-electron chi connectivity index (χ3n) is 9.36. The predicted molar refractivity (Wildman–Crippen MR) is 187 cm³/mol. The first-order chi connectivity index (χ1) is 24.9. The summed E-state index contributed by atoms with van der Waals surface area (Å²) >= 11 is 0. The quantitative estimate of drug-likeness (QED) is 0.179. The van der Waals surface area contributed by atoms with E-state index in [0.717, 1.165) is 5.56 Å². The van der Waals surface area contributed by atoms with Crippen LogP contribution in [0.2, 0.25) is 0 Å². The summed E-state index contributed by atoms with van der Waals surface area (Å²) in [4.78, 5) is 25.1. The molecule has 0 radical (unpaired) electrons. The summed E-state index contributed by atoms with van der Waals surface area (Å²) in [6.07, 6.45) is -0.617. The molecule has 16 heteroatoms. The number of benzene rings is 2. The van der Waals surface area contributed by atoms with Crippen LogP contribution in [-0.2, 0) is 40.1 Å². The molecule has 15 nitrogen and oxygen atoms in total. The van der Waals surface area contributed by atoms with Gasteiger partial charge in [0.15, 0.2) is 17.8 Å². The lowest BCUT2D eigenvalue weighted by Crippen LogP contribution is -2.52. The van der Waals surface area contributed by atoms with Crippen LogP contribution in [0.4, 0.5) is 9.59 Å². The number of fused-ring (bicyclic) bond motifs is 2. The Hall–Kier alpha value is -3.67. The smallest absolute Gasteiger partial charge is 0.407 e. The molecule has 2 fully saturated rings. The van der Waals surface area contributed by atoms with Crippen molar-refractivity contribution in [3.63, 3.8) is 0 Å². The Balaban J connectivity index is 1.29. The molecule has 0 aliphatic carbocycles. The molecule has 288 valence electrons. The minimum atomic E-state index is -4.19. The van der Waals surface area contributed by atoms with Crippen LogP contribution in [0.15, 0.2) is 53.4 Å². The van der Waals surface area contributed by atoms with Gasteiger partial charge in [-0.05, 0) is 48.8 Å². The summed E-state index contributed by atoms with van der Waals surface area (Å²) in [5, 5.41) is 17.3. The Morgan fingerprint density at radius 3 is 2.62 bits per heavy atom. The topological polar surface area (TPSA) is 180 Å². The second kappa shape index (κ2) is 18.4. The lowest BCUT2D eigenvalue weighted by molar-refractivity contribution is -0.0907. The first-order valence-electron chi connectivity index (χ1n) is 17.7. The van der Waals surface area contributed by atoms with E-state index in [1.54, 1.807) is 6.07 Å². The van der Waals surface area contributed by atoms with Crippen molar-refractivity contribution in [2.75, 3.05) is 60.0 Å². The average molecular weight is 750 g/mol. The van der Waals surface area contributed by atoms with Crippen LogP contribution in [0.1, 0.15) is 45.1 Å². The number of ether oxygens (including phenoxy) is 7. The maximum atomic E-state index is 14.4. The van der Waals surface area contributed by atoms with Crippen LogP contribution in [0, 0.1) is 11.3 Å².